The molecule has 2 rings (SSSR count). The monoisotopic (exact) mass is 410 g/mol. The molecule has 0 atom stereocenters. The SMILES string of the molecule is COCCOc1ncccc1NC(=O)CCSc1ccccc1Br. The molecular weight excluding hydrogens is 392 g/mol. The van der Waals surface area contributed by atoms with Gasteiger partial charge in [0.2, 0.25) is 11.8 Å². The molecule has 0 saturated heterocycles. The first kappa shape index (κ1) is 18.8. The first-order valence-corrected chi connectivity index (χ1v) is 9.22. The van der Waals surface area contributed by atoms with Crippen molar-refractivity contribution >= 4 is 39.3 Å². The van der Waals surface area contributed by atoms with E-state index < -0.39 is 0 Å². The number of nitrogens with one attached hydrogen (secondary N) is 1. The predicted molar refractivity (Wildman–Crippen MR) is 99.7 cm³/mol. The van der Waals surface area contributed by atoms with Gasteiger partial charge in [0.05, 0.1) is 6.61 Å². The topological polar surface area (TPSA) is 60.5 Å². The summed E-state index contributed by atoms with van der Waals surface area (Å²) in [7, 11) is 1.60. The molecule has 128 valence electrons. The fourth-order valence-electron chi connectivity index (χ4n) is 1.85. The van der Waals surface area contributed by atoms with Crippen LogP contribution in [0.1, 0.15) is 6.42 Å². The highest BCUT2D eigenvalue weighted by Crippen LogP contribution is 2.27. The third kappa shape index (κ3) is 6.14. The van der Waals surface area contributed by atoms with E-state index in [2.05, 4.69) is 26.2 Å². The number of amides is 1. The zero-order valence-corrected chi connectivity index (χ0v) is 15.7. The van der Waals surface area contributed by atoms with E-state index in [0.717, 1.165) is 9.37 Å². The molecule has 1 aromatic carbocycles. The molecule has 1 N–H and O–H groups in total. The maximum absolute atomic E-state index is 12.1. The third-order valence-electron chi connectivity index (χ3n) is 2.99. The minimum atomic E-state index is -0.0702. The number of hydrogen-bond acceptors (Lipinski definition) is 5. The Hall–Kier alpha value is -1.57. The molecule has 0 spiro atoms. The van der Waals surface area contributed by atoms with E-state index in [9.17, 15) is 4.79 Å². The quantitative estimate of drug-likeness (QED) is 0.500. The van der Waals surface area contributed by atoms with E-state index in [1.54, 1.807) is 37.2 Å². The number of pyridine rings is 1. The maximum Gasteiger partial charge on any atom is 0.237 e. The molecule has 0 bridgehead atoms. The van der Waals surface area contributed by atoms with Crippen molar-refractivity contribution in [2.75, 3.05) is 31.4 Å². The number of aromatic nitrogens is 1. The molecule has 1 amide bonds. The average molecular weight is 411 g/mol. The van der Waals surface area contributed by atoms with Crippen molar-refractivity contribution in [2.24, 2.45) is 0 Å². The maximum atomic E-state index is 12.1. The summed E-state index contributed by atoms with van der Waals surface area (Å²) < 4.78 is 11.5. The van der Waals surface area contributed by atoms with Crippen LogP contribution in [-0.4, -0.2) is 37.0 Å². The van der Waals surface area contributed by atoms with Crippen LogP contribution in [0.25, 0.3) is 0 Å². The van der Waals surface area contributed by atoms with Crippen LogP contribution in [-0.2, 0) is 9.53 Å². The van der Waals surface area contributed by atoms with Crippen molar-refractivity contribution in [1.29, 1.82) is 0 Å². The molecule has 5 nitrogen and oxygen atoms in total. The minimum Gasteiger partial charge on any atom is -0.474 e. The van der Waals surface area contributed by atoms with Crippen molar-refractivity contribution in [3.8, 4) is 5.88 Å². The highest BCUT2D eigenvalue weighted by molar-refractivity contribution is 9.10. The van der Waals surface area contributed by atoms with Gasteiger partial charge >= 0.3 is 0 Å². The molecule has 0 aliphatic heterocycles. The predicted octanol–water partition coefficient (Wildman–Crippen LogP) is 3.99. The summed E-state index contributed by atoms with van der Waals surface area (Å²) >= 11 is 5.14. The van der Waals surface area contributed by atoms with Gasteiger partial charge in [-0.2, -0.15) is 0 Å². The lowest BCUT2D eigenvalue weighted by Gasteiger charge is -2.11. The lowest BCUT2D eigenvalue weighted by molar-refractivity contribution is -0.115. The molecule has 0 fully saturated rings. The molecule has 0 aliphatic carbocycles. The second kappa shape index (κ2) is 10.3. The second-order valence-electron chi connectivity index (χ2n) is 4.77. The molecule has 0 unspecified atom stereocenters. The van der Waals surface area contributed by atoms with Crippen LogP contribution in [0.3, 0.4) is 0 Å². The molecule has 0 radical (unpaired) electrons. The summed E-state index contributed by atoms with van der Waals surface area (Å²) in [6.45, 7) is 0.848. The summed E-state index contributed by atoms with van der Waals surface area (Å²) in [6.07, 6.45) is 2.03. The number of carbonyl (C=O) groups is 1. The zero-order chi connectivity index (χ0) is 17.2. The van der Waals surface area contributed by atoms with Gasteiger partial charge in [-0.25, -0.2) is 4.98 Å². The van der Waals surface area contributed by atoms with E-state index in [1.165, 1.54) is 0 Å². The average Bonchev–Trinajstić information content (AvgIpc) is 2.58. The molecule has 24 heavy (non-hydrogen) atoms. The normalized spacial score (nSPS) is 10.4. The smallest absolute Gasteiger partial charge is 0.237 e. The standard InChI is InChI=1S/C17H19BrN2O3S/c1-22-10-11-23-17-14(6-4-9-19-17)20-16(21)8-12-24-15-7-3-2-5-13(15)18/h2-7,9H,8,10-12H2,1H3,(H,20,21). The highest BCUT2D eigenvalue weighted by atomic mass is 79.9. The number of halogens is 1. The van der Waals surface area contributed by atoms with E-state index >= 15 is 0 Å². The number of nitrogens with zero attached hydrogens (tertiary/aromatic N) is 1. The summed E-state index contributed by atoms with van der Waals surface area (Å²) in [5.41, 5.74) is 0.574. The van der Waals surface area contributed by atoms with Crippen LogP contribution in [0, 0.1) is 0 Å². The van der Waals surface area contributed by atoms with Gasteiger partial charge in [0.1, 0.15) is 12.3 Å². The fraction of sp³-hybridized carbons (Fsp3) is 0.294. The zero-order valence-electron chi connectivity index (χ0n) is 13.3. The Labute approximate surface area is 154 Å². The Balaban J connectivity index is 1.83. The van der Waals surface area contributed by atoms with E-state index in [4.69, 9.17) is 9.47 Å². The van der Waals surface area contributed by atoms with Crippen molar-refractivity contribution in [3.05, 3.63) is 47.1 Å². The number of ether oxygens (including phenoxy) is 2. The first-order valence-electron chi connectivity index (χ1n) is 7.44. The van der Waals surface area contributed by atoms with Gasteiger partial charge in [0.25, 0.3) is 0 Å². The van der Waals surface area contributed by atoms with Gasteiger partial charge in [0.15, 0.2) is 0 Å². The number of methoxy groups -OCH3 is 1. The van der Waals surface area contributed by atoms with Crippen LogP contribution >= 0.6 is 27.7 Å². The molecular formula is C17H19BrN2O3S. The lowest BCUT2D eigenvalue weighted by atomic mass is 10.3. The van der Waals surface area contributed by atoms with Crippen LogP contribution in [0.4, 0.5) is 5.69 Å². The van der Waals surface area contributed by atoms with Gasteiger partial charge in [-0.15, -0.1) is 11.8 Å². The summed E-state index contributed by atoms with van der Waals surface area (Å²) in [5.74, 6) is 1.02. The number of rotatable bonds is 9. The number of anilines is 1. The van der Waals surface area contributed by atoms with Crippen LogP contribution < -0.4 is 10.1 Å². The largest absolute Gasteiger partial charge is 0.474 e. The number of thioether (sulfide) groups is 1. The Kier molecular flexibility index (Phi) is 8.07. The Morgan fingerprint density at radius 3 is 2.88 bits per heavy atom. The lowest BCUT2D eigenvalue weighted by Crippen LogP contribution is -2.14. The van der Waals surface area contributed by atoms with Gasteiger partial charge in [-0.3, -0.25) is 4.79 Å². The van der Waals surface area contributed by atoms with E-state index in [-0.39, 0.29) is 5.91 Å². The highest BCUT2D eigenvalue weighted by Gasteiger charge is 2.09. The van der Waals surface area contributed by atoms with Gasteiger partial charge in [0, 0.05) is 34.8 Å². The molecule has 1 aromatic heterocycles. The summed E-state index contributed by atoms with van der Waals surface area (Å²) in [5, 5.41) is 2.85. The summed E-state index contributed by atoms with van der Waals surface area (Å²) in [6, 6.07) is 11.5. The number of carbonyl (C=O) groups excluding carboxylic acids is 1. The van der Waals surface area contributed by atoms with Crippen molar-refractivity contribution in [1.82, 2.24) is 4.98 Å². The van der Waals surface area contributed by atoms with Gasteiger partial charge in [-0.05, 0) is 40.2 Å². The number of hydrogen-bond donors (Lipinski definition) is 1. The van der Waals surface area contributed by atoms with E-state index in [0.29, 0.717) is 37.0 Å². The molecule has 1 heterocycles. The van der Waals surface area contributed by atoms with Gasteiger partial charge in [-0.1, -0.05) is 12.1 Å². The first-order chi connectivity index (χ1) is 11.7. The van der Waals surface area contributed by atoms with Gasteiger partial charge < -0.3 is 14.8 Å². The summed E-state index contributed by atoms with van der Waals surface area (Å²) in [4.78, 5) is 17.4. The van der Waals surface area contributed by atoms with E-state index in [1.807, 2.05) is 24.3 Å². The molecule has 2 aromatic rings. The van der Waals surface area contributed by atoms with Crippen molar-refractivity contribution < 1.29 is 14.3 Å². The third-order valence-corrected chi connectivity index (χ3v) is 5.02. The molecule has 7 heteroatoms. The molecule has 0 saturated carbocycles. The minimum absolute atomic E-state index is 0.0702. The molecule has 0 aliphatic rings. The van der Waals surface area contributed by atoms with Crippen molar-refractivity contribution in [2.45, 2.75) is 11.3 Å². The van der Waals surface area contributed by atoms with Crippen LogP contribution in [0.15, 0.2) is 52.0 Å². The Bertz CT molecular complexity index is 670. The second-order valence-corrected chi connectivity index (χ2v) is 6.77. The van der Waals surface area contributed by atoms with Crippen LogP contribution in [0.5, 0.6) is 5.88 Å². The fourth-order valence-corrected chi connectivity index (χ4v) is 3.37. The Morgan fingerprint density at radius 2 is 2.08 bits per heavy atom. The van der Waals surface area contributed by atoms with Crippen LogP contribution in [0.2, 0.25) is 0 Å². The van der Waals surface area contributed by atoms with Crippen molar-refractivity contribution in [3.63, 3.8) is 0 Å². The number of benzene rings is 1. The Morgan fingerprint density at radius 1 is 1.25 bits per heavy atom.